The molecule has 0 radical (unpaired) electrons. The minimum atomic E-state index is -0.444. The van der Waals surface area contributed by atoms with Gasteiger partial charge in [-0.3, -0.25) is 4.79 Å². The molecular weight excluding hydrogens is 208 g/mol. The van der Waals surface area contributed by atoms with E-state index < -0.39 is 11.5 Å². The molecule has 1 amide bonds. The van der Waals surface area contributed by atoms with Gasteiger partial charge < -0.3 is 15.2 Å². The highest BCUT2D eigenvalue weighted by Gasteiger charge is 2.19. The Kier molecular flexibility index (Phi) is 3.84. The van der Waals surface area contributed by atoms with E-state index in [1.54, 1.807) is 13.2 Å². The molecule has 0 atom stereocenters. The summed E-state index contributed by atoms with van der Waals surface area (Å²) >= 11 is 0. The number of carbonyl (C=O) groups excluding carboxylic acids is 1. The van der Waals surface area contributed by atoms with Gasteiger partial charge in [0.25, 0.3) is 5.91 Å². The molecule has 16 heavy (non-hydrogen) atoms. The number of pyridine rings is 1. The predicted molar refractivity (Wildman–Crippen MR) is 59.3 cm³/mol. The molecule has 1 aromatic rings. The van der Waals surface area contributed by atoms with Crippen molar-refractivity contribution in [1.29, 1.82) is 0 Å². The van der Waals surface area contributed by atoms with Crippen molar-refractivity contribution in [3.05, 3.63) is 24.0 Å². The Morgan fingerprint density at radius 2 is 2.31 bits per heavy atom. The van der Waals surface area contributed by atoms with E-state index in [4.69, 9.17) is 4.74 Å². The monoisotopic (exact) mass is 224 g/mol. The molecule has 0 bridgehead atoms. The van der Waals surface area contributed by atoms with Crippen molar-refractivity contribution >= 4 is 5.91 Å². The van der Waals surface area contributed by atoms with E-state index in [0.29, 0.717) is 6.54 Å². The lowest BCUT2D eigenvalue weighted by Crippen LogP contribution is -2.40. The highest BCUT2D eigenvalue weighted by atomic mass is 16.5. The van der Waals surface area contributed by atoms with Crippen molar-refractivity contribution in [3.8, 4) is 5.75 Å². The maximum absolute atomic E-state index is 11.6. The van der Waals surface area contributed by atoms with Crippen molar-refractivity contribution in [2.75, 3.05) is 13.7 Å². The predicted octanol–water partition coefficient (Wildman–Crippen LogP) is 0.942. The number of methoxy groups -OCH3 is 1. The third-order valence-corrected chi connectivity index (χ3v) is 2.23. The number of rotatable bonds is 4. The summed E-state index contributed by atoms with van der Waals surface area (Å²) in [7, 11) is 1.57. The van der Waals surface area contributed by atoms with Crippen LogP contribution in [-0.2, 0) is 4.74 Å². The molecule has 0 unspecified atom stereocenters. The molecule has 0 aliphatic heterocycles. The van der Waals surface area contributed by atoms with Gasteiger partial charge in [-0.25, -0.2) is 4.98 Å². The molecule has 0 aliphatic carbocycles. The van der Waals surface area contributed by atoms with Gasteiger partial charge in [-0.2, -0.15) is 0 Å². The molecule has 2 N–H and O–H groups in total. The van der Waals surface area contributed by atoms with Crippen LogP contribution in [0.5, 0.6) is 5.75 Å². The molecule has 0 saturated carbocycles. The Morgan fingerprint density at radius 1 is 1.62 bits per heavy atom. The lowest BCUT2D eigenvalue weighted by molar-refractivity contribution is 0.0228. The highest BCUT2D eigenvalue weighted by Crippen LogP contribution is 2.12. The van der Waals surface area contributed by atoms with Crippen molar-refractivity contribution in [1.82, 2.24) is 10.3 Å². The van der Waals surface area contributed by atoms with Gasteiger partial charge in [0.1, 0.15) is 5.75 Å². The fourth-order valence-electron chi connectivity index (χ4n) is 1.02. The number of ether oxygens (including phenoxy) is 1. The molecule has 0 spiro atoms. The minimum absolute atomic E-state index is 0.0226. The van der Waals surface area contributed by atoms with Gasteiger partial charge in [0.15, 0.2) is 5.69 Å². The number of aromatic nitrogens is 1. The summed E-state index contributed by atoms with van der Waals surface area (Å²) in [5.41, 5.74) is -0.422. The molecule has 0 saturated heterocycles. The number of hydrogen-bond donors (Lipinski definition) is 2. The largest absolute Gasteiger partial charge is 0.505 e. The Bertz CT molecular complexity index is 377. The molecular formula is C11H16N2O3. The van der Waals surface area contributed by atoms with Crippen molar-refractivity contribution in [2.45, 2.75) is 19.4 Å². The Labute approximate surface area is 94.5 Å². The van der Waals surface area contributed by atoms with Gasteiger partial charge in [-0.1, -0.05) is 0 Å². The second-order valence-electron chi connectivity index (χ2n) is 4.02. The lowest BCUT2D eigenvalue weighted by Gasteiger charge is -2.22. The first-order chi connectivity index (χ1) is 7.46. The third-order valence-electron chi connectivity index (χ3n) is 2.23. The van der Waals surface area contributed by atoms with Crippen LogP contribution in [0.25, 0.3) is 0 Å². The minimum Gasteiger partial charge on any atom is -0.505 e. The Hall–Kier alpha value is -1.62. The van der Waals surface area contributed by atoms with Crippen molar-refractivity contribution in [3.63, 3.8) is 0 Å². The average molecular weight is 224 g/mol. The van der Waals surface area contributed by atoms with Gasteiger partial charge in [-0.15, -0.1) is 0 Å². The third kappa shape index (κ3) is 3.20. The van der Waals surface area contributed by atoms with Crippen LogP contribution in [-0.4, -0.2) is 35.3 Å². The maximum Gasteiger partial charge on any atom is 0.273 e. The summed E-state index contributed by atoms with van der Waals surface area (Å²) in [6.07, 6.45) is 1.45. The van der Waals surface area contributed by atoms with Gasteiger partial charge in [0, 0.05) is 19.9 Å². The molecule has 5 heteroatoms. The van der Waals surface area contributed by atoms with E-state index in [0.717, 1.165) is 0 Å². The zero-order valence-corrected chi connectivity index (χ0v) is 9.65. The number of nitrogens with zero attached hydrogens (tertiary/aromatic N) is 1. The van der Waals surface area contributed by atoms with Gasteiger partial charge in [0.05, 0.1) is 5.60 Å². The molecule has 0 aliphatic rings. The number of nitrogens with one attached hydrogen (secondary N) is 1. The average Bonchev–Trinajstić information content (AvgIpc) is 2.27. The summed E-state index contributed by atoms with van der Waals surface area (Å²) in [6.45, 7) is 4.05. The zero-order chi connectivity index (χ0) is 12.2. The first-order valence-electron chi connectivity index (χ1n) is 4.93. The topological polar surface area (TPSA) is 71.5 Å². The van der Waals surface area contributed by atoms with Crippen molar-refractivity contribution < 1.29 is 14.6 Å². The second-order valence-corrected chi connectivity index (χ2v) is 4.02. The normalized spacial score (nSPS) is 11.2. The smallest absolute Gasteiger partial charge is 0.273 e. The molecule has 0 fully saturated rings. The summed E-state index contributed by atoms with van der Waals surface area (Å²) in [5.74, 6) is -0.543. The van der Waals surface area contributed by atoms with Crippen LogP contribution in [0, 0.1) is 0 Å². The Morgan fingerprint density at radius 3 is 2.88 bits per heavy atom. The lowest BCUT2D eigenvalue weighted by atomic mass is 10.1. The summed E-state index contributed by atoms with van der Waals surface area (Å²) in [5, 5.41) is 12.1. The van der Waals surface area contributed by atoms with Crippen molar-refractivity contribution in [2.24, 2.45) is 0 Å². The molecule has 0 aromatic carbocycles. The second kappa shape index (κ2) is 4.94. The fourth-order valence-corrected chi connectivity index (χ4v) is 1.02. The maximum atomic E-state index is 11.6. The van der Waals surface area contributed by atoms with Gasteiger partial charge >= 0.3 is 0 Å². The fraction of sp³-hybridized carbons (Fsp3) is 0.455. The first-order valence-corrected chi connectivity index (χ1v) is 4.93. The van der Waals surface area contributed by atoms with E-state index in [1.807, 2.05) is 13.8 Å². The summed E-state index contributed by atoms with van der Waals surface area (Å²) < 4.78 is 5.16. The zero-order valence-electron chi connectivity index (χ0n) is 9.65. The summed E-state index contributed by atoms with van der Waals surface area (Å²) in [6, 6.07) is 2.98. The first kappa shape index (κ1) is 12.4. The molecule has 1 heterocycles. The number of carbonyl (C=O) groups is 1. The molecule has 1 rings (SSSR count). The van der Waals surface area contributed by atoms with E-state index in [9.17, 15) is 9.90 Å². The quantitative estimate of drug-likeness (QED) is 0.798. The van der Waals surface area contributed by atoms with E-state index in [2.05, 4.69) is 10.3 Å². The highest BCUT2D eigenvalue weighted by molar-refractivity contribution is 5.94. The van der Waals surface area contributed by atoms with Crippen LogP contribution in [0.2, 0.25) is 0 Å². The number of aromatic hydroxyl groups is 1. The number of hydrogen-bond acceptors (Lipinski definition) is 4. The van der Waals surface area contributed by atoms with Crippen LogP contribution >= 0.6 is 0 Å². The molecule has 5 nitrogen and oxygen atoms in total. The molecule has 1 aromatic heterocycles. The van der Waals surface area contributed by atoms with Gasteiger partial charge in [0.2, 0.25) is 0 Å². The van der Waals surface area contributed by atoms with Crippen LogP contribution in [0.3, 0.4) is 0 Å². The van der Waals surface area contributed by atoms with Crippen LogP contribution in [0.15, 0.2) is 18.3 Å². The van der Waals surface area contributed by atoms with Crippen LogP contribution < -0.4 is 5.32 Å². The summed E-state index contributed by atoms with van der Waals surface area (Å²) in [4.78, 5) is 15.4. The van der Waals surface area contributed by atoms with E-state index >= 15 is 0 Å². The molecule has 88 valence electrons. The van der Waals surface area contributed by atoms with E-state index in [-0.39, 0.29) is 11.4 Å². The number of amides is 1. The van der Waals surface area contributed by atoms with E-state index in [1.165, 1.54) is 12.3 Å². The Balaban J connectivity index is 2.64. The standard InChI is InChI=1S/C11H16N2O3/c1-11(2,16-3)7-13-10(15)9-8(14)5-4-6-12-9/h4-6,14H,7H2,1-3H3,(H,13,15). The van der Waals surface area contributed by atoms with Crippen LogP contribution in [0.1, 0.15) is 24.3 Å². The van der Waals surface area contributed by atoms with Crippen LogP contribution in [0.4, 0.5) is 0 Å². The SMILES string of the molecule is COC(C)(C)CNC(=O)c1ncccc1O. The van der Waals surface area contributed by atoms with Gasteiger partial charge in [-0.05, 0) is 26.0 Å².